The van der Waals surface area contributed by atoms with Crippen molar-refractivity contribution in [2.24, 2.45) is 0 Å². The molecule has 3 aromatic carbocycles. The summed E-state index contributed by atoms with van der Waals surface area (Å²) in [4.78, 5) is 14.3. The molecule has 1 heterocycles. The summed E-state index contributed by atoms with van der Waals surface area (Å²) < 4.78 is 38.1. The zero-order chi connectivity index (χ0) is 21.6. The van der Waals surface area contributed by atoms with Crippen LogP contribution in [-0.4, -0.2) is 24.1 Å². The smallest absolute Gasteiger partial charge is 0.322 e. The fraction of sp³-hybridized carbons (Fsp3) is 0.208. The molecule has 3 aromatic rings. The van der Waals surface area contributed by atoms with Crippen LogP contribution in [0.3, 0.4) is 0 Å². The van der Waals surface area contributed by atoms with Crippen molar-refractivity contribution in [3.05, 3.63) is 95.1 Å². The minimum atomic E-state index is -0.412. The Morgan fingerprint density at radius 2 is 1.71 bits per heavy atom. The van der Waals surface area contributed by atoms with E-state index in [-0.39, 0.29) is 11.8 Å². The molecule has 1 aliphatic rings. The Morgan fingerprint density at radius 3 is 2.48 bits per heavy atom. The summed E-state index contributed by atoms with van der Waals surface area (Å²) in [6.07, 6.45) is 0. The lowest BCUT2D eigenvalue weighted by Gasteiger charge is -2.20. The van der Waals surface area contributed by atoms with Crippen molar-refractivity contribution in [2.45, 2.75) is 19.8 Å². The van der Waals surface area contributed by atoms with E-state index in [0.29, 0.717) is 38.6 Å². The number of hydrogen-bond acceptors (Lipinski definition) is 3. The number of benzene rings is 3. The van der Waals surface area contributed by atoms with E-state index in [1.54, 1.807) is 23.1 Å². The van der Waals surface area contributed by atoms with Gasteiger partial charge < -0.3 is 19.7 Å². The van der Waals surface area contributed by atoms with Gasteiger partial charge in [-0.3, -0.25) is 0 Å². The summed E-state index contributed by atoms with van der Waals surface area (Å²) in [7, 11) is 0. The number of ether oxygens (including phenoxy) is 2. The number of amides is 2. The first kappa shape index (κ1) is 20.8. The Hall–Kier alpha value is -3.45. The van der Waals surface area contributed by atoms with Crippen LogP contribution < -0.4 is 10.1 Å². The van der Waals surface area contributed by atoms with Crippen LogP contribution in [0.15, 0.2) is 66.7 Å². The molecule has 160 valence electrons. The van der Waals surface area contributed by atoms with Crippen molar-refractivity contribution in [2.75, 3.05) is 18.5 Å². The molecule has 0 unspecified atom stereocenters. The van der Waals surface area contributed by atoms with Gasteiger partial charge in [0.1, 0.15) is 24.0 Å². The zero-order valence-corrected chi connectivity index (χ0v) is 16.8. The van der Waals surface area contributed by atoms with Crippen LogP contribution in [0.2, 0.25) is 0 Å². The number of urea groups is 1. The number of halogens is 2. The fourth-order valence-corrected chi connectivity index (χ4v) is 3.39. The Kier molecular flexibility index (Phi) is 6.43. The molecular weight excluding hydrogens is 402 g/mol. The quantitative estimate of drug-likeness (QED) is 0.619. The fourth-order valence-electron chi connectivity index (χ4n) is 3.39. The van der Waals surface area contributed by atoms with Gasteiger partial charge in [-0.15, -0.1) is 0 Å². The average molecular weight is 424 g/mol. The number of fused-ring (bicyclic) bond motifs is 1. The van der Waals surface area contributed by atoms with E-state index in [4.69, 9.17) is 9.47 Å². The summed E-state index contributed by atoms with van der Waals surface area (Å²) in [6.45, 7) is 1.77. The largest absolute Gasteiger partial charge is 0.491 e. The SMILES string of the molecule is O=C(Nc1cccc(F)c1)N1CCOc2ccc(COCc3cccc(F)c3)cc2C1. The normalized spacial score (nSPS) is 13.2. The van der Waals surface area contributed by atoms with Crippen LogP contribution in [0.25, 0.3) is 0 Å². The van der Waals surface area contributed by atoms with Crippen molar-refractivity contribution < 1.29 is 23.0 Å². The van der Waals surface area contributed by atoms with Crippen LogP contribution in [-0.2, 0) is 24.5 Å². The number of carbonyl (C=O) groups excluding carboxylic acids is 1. The van der Waals surface area contributed by atoms with E-state index in [1.165, 1.54) is 24.3 Å². The molecule has 1 aliphatic heterocycles. The van der Waals surface area contributed by atoms with Crippen LogP contribution in [0.1, 0.15) is 16.7 Å². The summed E-state index contributed by atoms with van der Waals surface area (Å²) in [5, 5.41) is 2.72. The minimum Gasteiger partial charge on any atom is -0.491 e. The highest BCUT2D eigenvalue weighted by Crippen LogP contribution is 2.25. The van der Waals surface area contributed by atoms with Crippen LogP contribution >= 0.6 is 0 Å². The summed E-state index contributed by atoms with van der Waals surface area (Å²) in [5.74, 6) is 0.0139. The Morgan fingerprint density at radius 1 is 0.968 bits per heavy atom. The molecule has 5 nitrogen and oxygen atoms in total. The molecule has 0 spiro atoms. The highest BCUT2D eigenvalue weighted by molar-refractivity contribution is 5.89. The molecule has 0 atom stereocenters. The second-order valence-electron chi connectivity index (χ2n) is 7.28. The molecular formula is C24H22F2N2O3. The number of anilines is 1. The van der Waals surface area contributed by atoms with Gasteiger partial charge in [0.05, 0.1) is 26.3 Å². The molecule has 0 saturated carbocycles. The number of hydrogen-bond donors (Lipinski definition) is 1. The predicted molar refractivity (Wildman–Crippen MR) is 113 cm³/mol. The number of nitrogens with one attached hydrogen (secondary N) is 1. The van der Waals surface area contributed by atoms with Gasteiger partial charge >= 0.3 is 6.03 Å². The van der Waals surface area contributed by atoms with E-state index >= 15 is 0 Å². The molecule has 7 heteroatoms. The first-order chi connectivity index (χ1) is 15.1. The van der Waals surface area contributed by atoms with Gasteiger partial charge in [-0.2, -0.15) is 0 Å². The first-order valence-corrected chi connectivity index (χ1v) is 9.95. The maximum atomic E-state index is 13.4. The lowest BCUT2D eigenvalue weighted by Crippen LogP contribution is -2.36. The third-order valence-corrected chi connectivity index (χ3v) is 4.89. The lowest BCUT2D eigenvalue weighted by molar-refractivity contribution is 0.107. The van der Waals surface area contributed by atoms with E-state index in [2.05, 4.69) is 5.32 Å². The molecule has 2 amide bonds. The van der Waals surface area contributed by atoms with Gasteiger partial charge in [0.15, 0.2) is 0 Å². The Bertz CT molecular complexity index is 1070. The van der Waals surface area contributed by atoms with Crippen molar-refractivity contribution in [1.29, 1.82) is 0 Å². The molecule has 4 rings (SSSR count). The molecule has 0 bridgehead atoms. The topological polar surface area (TPSA) is 50.8 Å². The second-order valence-corrected chi connectivity index (χ2v) is 7.28. The Labute approximate surface area is 179 Å². The van der Waals surface area contributed by atoms with Crippen molar-refractivity contribution in [3.8, 4) is 5.75 Å². The summed E-state index contributed by atoms with van der Waals surface area (Å²) >= 11 is 0. The van der Waals surface area contributed by atoms with Gasteiger partial charge in [0.2, 0.25) is 0 Å². The summed E-state index contributed by atoms with van der Waals surface area (Å²) in [6, 6.07) is 17.5. The minimum absolute atomic E-state index is 0.292. The molecule has 0 aromatic heterocycles. The van der Waals surface area contributed by atoms with Gasteiger partial charge in [0.25, 0.3) is 0 Å². The monoisotopic (exact) mass is 424 g/mol. The maximum absolute atomic E-state index is 13.4. The van der Waals surface area contributed by atoms with Gasteiger partial charge in [0, 0.05) is 11.3 Å². The van der Waals surface area contributed by atoms with E-state index in [0.717, 1.165) is 22.4 Å². The van der Waals surface area contributed by atoms with Gasteiger partial charge in [-0.05, 0) is 53.6 Å². The third-order valence-electron chi connectivity index (χ3n) is 4.89. The molecule has 0 saturated heterocycles. The van der Waals surface area contributed by atoms with E-state index in [1.807, 2.05) is 24.3 Å². The standard InChI is InChI=1S/C24H22F2N2O3/c25-20-4-1-3-17(12-20)15-30-16-18-7-8-23-19(11-18)14-28(9-10-31-23)24(29)27-22-6-2-5-21(26)13-22/h1-8,11-13H,9-10,14-16H2,(H,27,29). The number of nitrogens with zero attached hydrogens (tertiary/aromatic N) is 1. The van der Waals surface area contributed by atoms with Crippen molar-refractivity contribution in [1.82, 2.24) is 4.90 Å². The molecule has 1 N–H and O–H groups in total. The van der Waals surface area contributed by atoms with Crippen LogP contribution in [0.4, 0.5) is 19.3 Å². The summed E-state index contributed by atoms with van der Waals surface area (Å²) in [5.41, 5.74) is 2.94. The number of carbonyl (C=O) groups is 1. The van der Waals surface area contributed by atoms with Crippen LogP contribution in [0.5, 0.6) is 5.75 Å². The maximum Gasteiger partial charge on any atom is 0.322 e. The van der Waals surface area contributed by atoms with Gasteiger partial charge in [-0.25, -0.2) is 13.6 Å². The van der Waals surface area contributed by atoms with E-state index in [9.17, 15) is 13.6 Å². The highest BCUT2D eigenvalue weighted by atomic mass is 19.1. The molecule has 31 heavy (non-hydrogen) atoms. The zero-order valence-electron chi connectivity index (χ0n) is 16.8. The Balaban J connectivity index is 1.39. The predicted octanol–water partition coefficient (Wildman–Crippen LogP) is 5.11. The second kappa shape index (κ2) is 9.57. The number of rotatable bonds is 5. The molecule has 0 radical (unpaired) electrons. The van der Waals surface area contributed by atoms with Crippen molar-refractivity contribution in [3.63, 3.8) is 0 Å². The van der Waals surface area contributed by atoms with Gasteiger partial charge in [-0.1, -0.05) is 24.3 Å². The third kappa shape index (κ3) is 5.58. The first-order valence-electron chi connectivity index (χ1n) is 9.95. The average Bonchev–Trinajstić information content (AvgIpc) is 2.96. The van der Waals surface area contributed by atoms with Crippen molar-refractivity contribution >= 4 is 11.7 Å². The lowest BCUT2D eigenvalue weighted by atomic mass is 10.1. The molecule has 0 fully saturated rings. The highest BCUT2D eigenvalue weighted by Gasteiger charge is 2.20. The van der Waals surface area contributed by atoms with E-state index < -0.39 is 5.82 Å². The van der Waals surface area contributed by atoms with Crippen LogP contribution in [0, 0.1) is 11.6 Å². The molecule has 0 aliphatic carbocycles.